The number of benzene rings is 2. The number of rotatable bonds is 11. The molecular weight excluding hydrogens is 427 g/mol. The summed E-state index contributed by atoms with van der Waals surface area (Å²) in [6.45, 7) is 3.35. The van der Waals surface area contributed by atoms with Gasteiger partial charge in [0.2, 0.25) is 0 Å². The van der Waals surface area contributed by atoms with Gasteiger partial charge in [-0.3, -0.25) is 0 Å². The summed E-state index contributed by atoms with van der Waals surface area (Å²) < 4.78 is 71.8. The van der Waals surface area contributed by atoms with E-state index in [1.807, 2.05) is 12.1 Å². The molecule has 0 spiro atoms. The van der Waals surface area contributed by atoms with Gasteiger partial charge in [0.25, 0.3) is 0 Å². The molecule has 0 aromatic heterocycles. The Morgan fingerprint density at radius 2 is 1.50 bits per heavy atom. The van der Waals surface area contributed by atoms with Crippen molar-refractivity contribution in [3.8, 4) is 11.1 Å². The highest BCUT2D eigenvalue weighted by atomic mass is 19.4. The third kappa shape index (κ3) is 7.04. The van der Waals surface area contributed by atoms with Crippen LogP contribution in [0.2, 0.25) is 0 Å². The molecule has 0 saturated heterocycles. The summed E-state index contributed by atoms with van der Waals surface area (Å²) in [5.41, 5.74) is 0.555. The van der Waals surface area contributed by atoms with Crippen molar-refractivity contribution in [1.29, 1.82) is 0 Å². The van der Waals surface area contributed by atoms with Crippen LogP contribution in [0.1, 0.15) is 74.7 Å². The lowest BCUT2D eigenvalue weighted by Crippen LogP contribution is -2.33. The number of carbonyl (C=O) groups excluding carboxylic acids is 1. The molecule has 0 aliphatic rings. The molecule has 0 heterocycles. The van der Waals surface area contributed by atoms with Gasteiger partial charge >= 0.3 is 12.1 Å². The molecule has 2 aromatic rings. The summed E-state index contributed by atoms with van der Waals surface area (Å²) in [7, 11) is 0. The Hall–Kier alpha value is -2.44. The molecule has 0 aliphatic carbocycles. The van der Waals surface area contributed by atoms with Gasteiger partial charge in [-0.2, -0.15) is 13.2 Å². The van der Waals surface area contributed by atoms with E-state index in [0.717, 1.165) is 30.9 Å². The monoisotopic (exact) mass is 456 g/mol. The highest BCUT2D eigenvalue weighted by Gasteiger charge is 2.42. The molecule has 0 N–H and O–H groups in total. The molecule has 2 aromatic carbocycles. The van der Waals surface area contributed by atoms with E-state index < -0.39 is 41.9 Å². The zero-order valence-electron chi connectivity index (χ0n) is 18.4. The Balaban J connectivity index is 2.07. The van der Waals surface area contributed by atoms with Crippen molar-refractivity contribution < 1.29 is 31.5 Å². The van der Waals surface area contributed by atoms with Gasteiger partial charge in [-0.1, -0.05) is 76.3 Å². The third-order valence-corrected chi connectivity index (χ3v) is 5.37. The molecular formula is C25H29F5O2. The van der Waals surface area contributed by atoms with E-state index in [0.29, 0.717) is 5.56 Å². The van der Waals surface area contributed by atoms with E-state index >= 15 is 0 Å². The number of alkyl halides is 3. The standard InChI is InChI=1S/C25H29F5O2/c1-3-5-6-7-8-9-10-17-11-13-18(14-12-17)19-15-16-20(23(27)22(19)26)24(31)32-21(4-2)25(28,29)30/h11-16,21H,3-10H2,1-2H3. The SMILES string of the molecule is CCCCCCCCc1ccc(-c2ccc(C(=O)OC(CC)C(F)(F)F)c(F)c2F)cc1. The summed E-state index contributed by atoms with van der Waals surface area (Å²) in [4.78, 5) is 12.0. The summed E-state index contributed by atoms with van der Waals surface area (Å²) in [6, 6.07) is 9.14. The van der Waals surface area contributed by atoms with Crippen molar-refractivity contribution in [2.75, 3.05) is 0 Å². The average molecular weight is 456 g/mol. The van der Waals surface area contributed by atoms with E-state index in [1.54, 1.807) is 12.1 Å². The van der Waals surface area contributed by atoms with Crippen molar-refractivity contribution in [1.82, 2.24) is 0 Å². The largest absolute Gasteiger partial charge is 0.449 e. The number of unbranched alkanes of at least 4 members (excludes halogenated alkanes) is 5. The van der Waals surface area contributed by atoms with Crippen LogP contribution in [0, 0.1) is 11.6 Å². The normalized spacial score (nSPS) is 12.6. The first kappa shape index (κ1) is 25.8. The van der Waals surface area contributed by atoms with E-state index in [2.05, 4.69) is 11.7 Å². The fourth-order valence-electron chi connectivity index (χ4n) is 3.46. The Kier molecular flexibility index (Phi) is 9.66. The van der Waals surface area contributed by atoms with E-state index in [4.69, 9.17) is 0 Å². The fourth-order valence-corrected chi connectivity index (χ4v) is 3.46. The lowest BCUT2D eigenvalue weighted by atomic mass is 9.99. The molecule has 0 amide bonds. The predicted molar refractivity (Wildman–Crippen MR) is 114 cm³/mol. The maximum absolute atomic E-state index is 14.6. The van der Waals surface area contributed by atoms with Gasteiger partial charge in [0.1, 0.15) is 0 Å². The van der Waals surface area contributed by atoms with Gasteiger partial charge in [0.15, 0.2) is 17.7 Å². The molecule has 1 unspecified atom stereocenters. The molecule has 0 fully saturated rings. The third-order valence-electron chi connectivity index (χ3n) is 5.37. The maximum Gasteiger partial charge on any atom is 0.425 e. The zero-order chi connectivity index (χ0) is 23.7. The number of ether oxygens (including phenoxy) is 1. The van der Waals surface area contributed by atoms with Crippen LogP contribution in [-0.2, 0) is 11.2 Å². The lowest BCUT2D eigenvalue weighted by Gasteiger charge is -2.19. The minimum Gasteiger partial charge on any atom is -0.449 e. The van der Waals surface area contributed by atoms with Crippen LogP contribution in [0.4, 0.5) is 22.0 Å². The molecule has 1 atom stereocenters. The fraction of sp³-hybridized carbons (Fsp3) is 0.480. The van der Waals surface area contributed by atoms with E-state index in [-0.39, 0.29) is 5.56 Å². The average Bonchev–Trinajstić information content (AvgIpc) is 2.76. The number of hydrogen-bond acceptors (Lipinski definition) is 2. The number of halogens is 5. The van der Waals surface area contributed by atoms with Gasteiger partial charge < -0.3 is 4.74 Å². The van der Waals surface area contributed by atoms with Crippen molar-refractivity contribution >= 4 is 5.97 Å². The van der Waals surface area contributed by atoms with Crippen LogP contribution in [0.3, 0.4) is 0 Å². The minimum absolute atomic E-state index is 0.0759. The van der Waals surface area contributed by atoms with Crippen molar-refractivity contribution in [3.05, 3.63) is 59.2 Å². The zero-order valence-corrected chi connectivity index (χ0v) is 18.4. The summed E-state index contributed by atoms with van der Waals surface area (Å²) in [5.74, 6) is -4.38. The van der Waals surface area contributed by atoms with Crippen LogP contribution in [0.25, 0.3) is 11.1 Å². The van der Waals surface area contributed by atoms with Crippen LogP contribution in [-0.4, -0.2) is 18.2 Å². The number of aryl methyl sites for hydroxylation is 1. The van der Waals surface area contributed by atoms with E-state index in [1.165, 1.54) is 38.7 Å². The Morgan fingerprint density at radius 1 is 0.875 bits per heavy atom. The van der Waals surface area contributed by atoms with Crippen LogP contribution < -0.4 is 0 Å². The molecule has 0 bridgehead atoms. The second-order valence-electron chi connectivity index (χ2n) is 7.85. The van der Waals surface area contributed by atoms with Gasteiger partial charge in [0, 0.05) is 5.56 Å². The quantitative estimate of drug-likeness (QED) is 0.194. The summed E-state index contributed by atoms with van der Waals surface area (Å²) >= 11 is 0. The van der Waals surface area contributed by atoms with Crippen LogP contribution in [0.15, 0.2) is 36.4 Å². The van der Waals surface area contributed by atoms with Crippen LogP contribution in [0.5, 0.6) is 0 Å². The topological polar surface area (TPSA) is 26.3 Å². The Labute approximate surface area is 185 Å². The van der Waals surface area contributed by atoms with Gasteiger partial charge in [-0.15, -0.1) is 0 Å². The molecule has 2 rings (SSSR count). The number of carbonyl (C=O) groups is 1. The van der Waals surface area contributed by atoms with Crippen molar-refractivity contribution in [2.45, 2.75) is 77.5 Å². The Morgan fingerprint density at radius 3 is 2.09 bits per heavy atom. The molecule has 32 heavy (non-hydrogen) atoms. The number of hydrogen-bond donors (Lipinski definition) is 0. The minimum atomic E-state index is -4.78. The summed E-state index contributed by atoms with van der Waals surface area (Å²) in [5, 5.41) is 0. The lowest BCUT2D eigenvalue weighted by molar-refractivity contribution is -0.204. The molecule has 7 heteroatoms. The van der Waals surface area contributed by atoms with Crippen molar-refractivity contribution in [2.24, 2.45) is 0 Å². The second-order valence-corrected chi connectivity index (χ2v) is 7.85. The molecule has 0 saturated carbocycles. The van der Waals surface area contributed by atoms with E-state index in [9.17, 15) is 26.7 Å². The summed E-state index contributed by atoms with van der Waals surface area (Å²) in [6.07, 6.45) is 0.294. The Bertz CT molecular complexity index is 875. The maximum atomic E-state index is 14.6. The van der Waals surface area contributed by atoms with Gasteiger partial charge in [-0.05, 0) is 36.5 Å². The second kappa shape index (κ2) is 12.0. The predicted octanol–water partition coefficient (Wildman–Crippen LogP) is 8.03. The number of esters is 1. The van der Waals surface area contributed by atoms with Crippen molar-refractivity contribution in [3.63, 3.8) is 0 Å². The highest BCUT2D eigenvalue weighted by molar-refractivity contribution is 5.90. The van der Waals surface area contributed by atoms with Crippen LogP contribution >= 0.6 is 0 Å². The molecule has 176 valence electrons. The smallest absolute Gasteiger partial charge is 0.425 e. The van der Waals surface area contributed by atoms with Gasteiger partial charge in [-0.25, -0.2) is 13.6 Å². The van der Waals surface area contributed by atoms with Gasteiger partial charge in [0.05, 0.1) is 5.56 Å². The molecule has 0 aliphatic heterocycles. The first-order valence-electron chi connectivity index (χ1n) is 11.0. The first-order chi connectivity index (χ1) is 15.2. The molecule has 2 nitrogen and oxygen atoms in total. The molecule has 0 radical (unpaired) electrons. The first-order valence-corrected chi connectivity index (χ1v) is 11.0. The highest BCUT2D eigenvalue weighted by Crippen LogP contribution is 2.30.